The van der Waals surface area contributed by atoms with Crippen molar-refractivity contribution in [1.29, 1.82) is 0 Å². The average molecular weight is 444 g/mol. The fraction of sp³-hybridized carbons (Fsp3) is 0.200. The summed E-state index contributed by atoms with van der Waals surface area (Å²) >= 11 is 0. The van der Waals surface area contributed by atoms with Gasteiger partial charge in [0.15, 0.2) is 0 Å². The summed E-state index contributed by atoms with van der Waals surface area (Å²) in [6.45, 7) is 1.94. The number of benzene rings is 2. The van der Waals surface area contributed by atoms with E-state index in [4.69, 9.17) is 0 Å². The van der Waals surface area contributed by atoms with E-state index < -0.39 is 0 Å². The van der Waals surface area contributed by atoms with Gasteiger partial charge in [-0.15, -0.1) is 13.1 Å². The molecule has 0 N–H and O–H groups in total. The molecule has 1 heterocycles. The predicted molar refractivity (Wildman–Crippen MR) is 67.4 cm³/mol. The van der Waals surface area contributed by atoms with Crippen molar-refractivity contribution in [2.24, 2.45) is 0 Å². The molecule has 0 fully saturated rings. The Morgan fingerprint density at radius 2 is 1.56 bits per heavy atom. The standard InChI is InChI=1S/C9H10N.C6H5.V.W/c1-2-4-9-7-10-6-5-8(9)3-1;1-2-4-6-5-3-1;;/h1-4H,5-7H2;1-5H;;/q2*-1;;. The summed E-state index contributed by atoms with van der Waals surface area (Å²) in [7, 11) is 0. The molecule has 0 aliphatic carbocycles. The fourth-order valence-corrected chi connectivity index (χ4v) is 1.70. The molecule has 3 heteroatoms. The molecule has 0 spiro atoms. The SMILES string of the molecule is [V].[W].[c-]1ccccc1.c1ccc2c(c1)CC[N-]C2. The van der Waals surface area contributed by atoms with Crippen LogP contribution in [0.4, 0.5) is 0 Å². The van der Waals surface area contributed by atoms with Crippen LogP contribution in [0.15, 0.2) is 54.6 Å². The van der Waals surface area contributed by atoms with Crippen molar-refractivity contribution in [1.82, 2.24) is 0 Å². The normalized spacial score (nSPS) is 11.8. The Kier molecular flexibility index (Phi) is 10.4. The Labute approximate surface area is 136 Å². The third kappa shape index (κ3) is 6.02. The van der Waals surface area contributed by atoms with E-state index in [1.807, 2.05) is 30.3 Å². The summed E-state index contributed by atoms with van der Waals surface area (Å²) in [5.41, 5.74) is 2.89. The van der Waals surface area contributed by atoms with Gasteiger partial charge in [-0.05, 0) is 12.0 Å². The van der Waals surface area contributed by atoms with Crippen LogP contribution in [-0.4, -0.2) is 6.54 Å². The van der Waals surface area contributed by atoms with E-state index in [1.165, 1.54) is 11.1 Å². The van der Waals surface area contributed by atoms with E-state index in [0.717, 1.165) is 19.5 Å². The molecule has 3 rings (SSSR count). The summed E-state index contributed by atoms with van der Waals surface area (Å²) < 4.78 is 0. The molecule has 0 amide bonds. The van der Waals surface area contributed by atoms with E-state index in [9.17, 15) is 0 Å². The number of hydrogen-bond donors (Lipinski definition) is 0. The van der Waals surface area contributed by atoms with Gasteiger partial charge in [-0.25, -0.2) is 0 Å². The van der Waals surface area contributed by atoms with Gasteiger partial charge in [0, 0.05) is 39.6 Å². The first-order valence-corrected chi connectivity index (χ1v) is 5.58. The van der Waals surface area contributed by atoms with Crippen LogP contribution < -0.4 is 0 Å². The van der Waals surface area contributed by atoms with Crippen LogP contribution in [0, 0.1) is 6.07 Å². The van der Waals surface area contributed by atoms with Gasteiger partial charge in [0.2, 0.25) is 0 Å². The number of hydrogen-bond acceptors (Lipinski definition) is 0. The van der Waals surface area contributed by atoms with E-state index >= 15 is 0 Å². The predicted octanol–water partition coefficient (Wildman–Crippen LogP) is 3.60. The fourth-order valence-electron chi connectivity index (χ4n) is 1.70. The maximum Gasteiger partial charge on any atom is 0 e. The first-order valence-electron chi connectivity index (χ1n) is 5.58. The number of nitrogens with zero attached hydrogens (tertiary/aromatic N) is 1. The third-order valence-electron chi connectivity index (χ3n) is 2.55. The zero-order valence-corrected chi connectivity index (χ0v) is 14.5. The van der Waals surface area contributed by atoms with Crippen LogP contribution in [0.2, 0.25) is 0 Å². The van der Waals surface area contributed by atoms with Crippen molar-refractivity contribution in [2.75, 3.05) is 6.54 Å². The van der Waals surface area contributed by atoms with Crippen molar-refractivity contribution >= 4 is 0 Å². The molecule has 1 aliphatic rings. The molecule has 2 aromatic rings. The van der Waals surface area contributed by atoms with Gasteiger partial charge in [-0.3, -0.25) is 0 Å². The molecule has 0 saturated heterocycles. The minimum Gasteiger partial charge on any atom is -0.658 e. The Morgan fingerprint density at radius 3 is 2.06 bits per heavy atom. The Bertz CT molecular complexity index is 368. The van der Waals surface area contributed by atoms with Gasteiger partial charge in [0.05, 0.1) is 0 Å². The summed E-state index contributed by atoms with van der Waals surface area (Å²) in [6.07, 6.45) is 1.14. The molecule has 18 heavy (non-hydrogen) atoms. The molecular formula is C15H15NVW-2. The molecule has 1 aliphatic heterocycles. The molecule has 0 aromatic heterocycles. The molecular weight excluding hydrogens is 429 g/mol. The van der Waals surface area contributed by atoms with Crippen molar-refractivity contribution in [3.8, 4) is 0 Å². The quantitative estimate of drug-likeness (QED) is 0.552. The second-order valence-electron chi connectivity index (χ2n) is 3.70. The third-order valence-corrected chi connectivity index (χ3v) is 2.55. The summed E-state index contributed by atoms with van der Waals surface area (Å²) in [5.74, 6) is 0. The maximum atomic E-state index is 4.32. The van der Waals surface area contributed by atoms with Gasteiger partial charge < -0.3 is 5.32 Å². The zero-order valence-electron chi connectivity index (χ0n) is 10.1. The van der Waals surface area contributed by atoms with E-state index in [2.05, 4.69) is 35.6 Å². The van der Waals surface area contributed by atoms with Crippen LogP contribution >= 0.6 is 0 Å². The van der Waals surface area contributed by atoms with Crippen LogP contribution in [0.3, 0.4) is 0 Å². The van der Waals surface area contributed by atoms with Crippen molar-refractivity contribution in [3.05, 3.63) is 77.1 Å². The molecule has 1 radical (unpaired) electrons. The van der Waals surface area contributed by atoms with E-state index in [0.29, 0.717) is 0 Å². The first kappa shape index (κ1) is 17.7. The minimum absolute atomic E-state index is 0. The molecule has 2 aromatic carbocycles. The summed E-state index contributed by atoms with van der Waals surface area (Å²) in [4.78, 5) is 0. The van der Waals surface area contributed by atoms with Crippen molar-refractivity contribution in [2.45, 2.75) is 13.0 Å². The van der Waals surface area contributed by atoms with Crippen LogP contribution in [0.5, 0.6) is 0 Å². The van der Waals surface area contributed by atoms with Crippen molar-refractivity contribution < 1.29 is 39.6 Å². The summed E-state index contributed by atoms with van der Waals surface area (Å²) in [5, 5.41) is 4.32. The van der Waals surface area contributed by atoms with Crippen LogP contribution in [0.1, 0.15) is 11.1 Å². The van der Waals surface area contributed by atoms with Gasteiger partial charge in [0.25, 0.3) is 0 Å². The van der Waals surface area contributed by atoms with Gasteiger partial charge in [0.1, 0.15) is 0 Å². The molecule has 0 bridgehead atoms. The van der Waals surface area contributed by atoms with Gasteiger partial charge in [-0.1, -0.05) is 29.8 Å². The summed E-state index contributed by atoms with van der Waals surface area (Å²) in [6, 6.07) is 21.0. The molecule has 0 atom stereocenters. The molecule has 93 valence electrons. The number of fused-ring (bicyclic) bond motifs is 1. The largest absolute Gasteiger partial charge is 0.658 e. The topological polar surface area (TPSA) is 14.1 Å². The van der Waals surface area contributed by atoms with E-state index in [-0.39, 0.29) is 39.6 Å². The minimum atomic E-state index is 0. The second kappa shape index (κ2) is 10.6. The first-order chi connectivity index (χ1) is 7.97. The number of rotatable bonds is 0. The van der Waals surface area contributed by atoms with Crippen LogP contribution in [0.25, 0.3) is 5.32 Å². The maximum absolute atomic E-state index is 4.32. The van der Waals surface area contributed by atoms with Gasteiger partial charge >= 0.3 is 0 Å². The zero-order chi connectivity index (χ0) is 11.1. The Morgan fingerprint density at radius 1 is 0.889 bits per heavy atom. The molecule has 1 nitrogen and oxygen atoms in total. The smallest absolute Gasteiger partial charge is 0 e. The second-order valence-corrected chi connectivity index (χ2v) is 3.70. The molecule has 0 saturated carbocycles. The molecule has 0 unspecified atom stereocenters. The Balaban J connectivity index is 0.000000319. The van der Waals surface area contributed by atoms with E-state index in [1.54, 1.807) is 0 Å². The van der Waals surface area contributed by atoms with Gasteiger partial charge in [-0.2, -0.15) is 36.4 Å². The average Bonchev–Trinajstić information content (AvgIpc) is 2.42. The van der Waals surface area contributed by atoms with Crippen LogP contribution in [-0.2, 0) is 52.6 Å². The Hall–Kier alpha value is -0.327. The monoisotopic (exact) mass is 444 g/mol. The van der Waals surface area contributed by atoms with Crippen molar-refractivity contribution in [3.63, 3.8) is 0 Å².